The van der Waals surface area contributed by atoms with Gasteiger partial charge in [0.25, 0.3) is 0 Å². The van der Waals surface area contributed by atoms with Crippen molar-refractivity contribution in [3.05, 3.63) is 34.6 Å². The summed E-state index contributed by atoms with van der Waals surface area (Å²) in [5, 5.41) is 9.07. The van der Waals surface area contributed by atoms with Crippen LogP contribution < -0.4 is 5.73 Å². The SMILES string of the molecule is CCOC(=O)C(OCC)c1ccc(F)c(C(=O)O)c1C(N)=O. The van der Waals surface area contributed by atoms with Gasteiger partial charge in [0, 0.05) is 12.2 Å². The summed E-state index contributed by atoms with van der Waals surface area (Å²) in [6.07, 6.45) is -1.37. The van der Waals surface area contributed by atoms with Gasteiger partial charge in [-0.3, -0.25) is 4.79 Å². The Morgan fingerprint density at radius 2 is 1.86 bits per heavy atom. The quantitative estimate of drug-likeness (QED) is 0.732. The Bertz CT molecular complexity index is 601. The summed E-state index contributed by atoms with van der Waals surface area (Å²) in [7, 11) is 0. The van der Waals surface area contributed by atoms with Gasteiger partial charge < -0.3 is 20.3 Å². The molecule has 0 saturated carbocycles. The van der Waals surface area contributed by atoms with Crippen LogP contribution in [0.15, 0.2) is 12.1 Å². The standard InChI is InChI=1S/C14H16FNO6/c1-3-21-11(14(20)22-4-2)7-5-6-8(15)10(13(18)19)9(7)12(16)17/h5-6,11H,3-4H2,1-2H3,(H2,16,17)(H,18,19). The zero-order valence-corrected chi connectivity index (χ0v) is 12.1. The molecule has 0 saturated heterocycles. The average molecular weight is 313 g/mol. The molecule has 8 heteroatoms. The number of hydrogen-bond acceptors (Lipinski definition) is 5. The van der Waals surface area contributed by atoms with Crippen LogP contribution in [0, 0.1) is 5.82 Å². The monoisotopic (exact) mass is 313 g/mol. The van der Waals surface area contributed by atoms with Crippen LogP contribution in [0.25, 0.3) is 0 Å². The normalized spacial score (nSPS) is 11.8. The number of halogens is 1. The Morgan fingerprint density at radius 1 is 1.23 bits per heavy atom. The number of carboxylic acid groups (broad SMARTS) is 1. The zero-order chi connectivity index (χ0) is 16.9. The number of carbonyl (C=O) groups is 3. The number of benzene rings is 1. The molecule has 0 fully saturated rings. The van der Waals surface area contributed by atoms with Crippen LogP contribution in [0.3, 0.4) is 0 Å². The number of ether oxygens (including phenoxy) is 2. The molecule has 0 aromatic heterocycles. The molecule has 1 rings (SSSR count). The number of hydrogen-bond donors (Lipinski definition) is 2. The van der Waals surface area contributed by atoms with Crippen LogP contribution in [-0.4, -0.2) is 36.2 Å². The van der Waals surface area contributed by atoms with Crippen LogP contribution in [0.4, 0.5) is 4.39 Å². The lowest BCUT2D eigenvalue weighted by Crippen LogP contribution is -2.26. The second kappa shape index (κ2) is 7.51. The second-order valence-electron chi connectivity index (χ2n) is 4.14. The molecule has 1 atom stereocenters. The van der Waals surface area contributed by atoms with Crippen molar-refractivity contribution in [3.63, 3.8) is 0 Å². The van der Waals surface area contributed by atoms with Crippen LogP contribution in [-0.2, 0) is 14.3 Å². The first-order chi connectivity index (χ1) is 10.3. The number of primary amides is 1. The maximum absolute atomic E-state index is 13.7. The number of esters is 1. The van der Waals surface area contributed by atoms with Crippen molar-refractivity contribution in [1.29, 1.82) is 0 Å². The number of carbonyl (C=O) groups excluding carboxylic acids is 2. The van der Waals surface area contributed by atoms with Gasteiger partial charge in [-0.25, -0.2) is 14.0 Å². The Morgan fingerprint density at radius 3 is 2.32 bits per heavy atom. The zero-order valence-electron chi connectivity index (χ0n) is 12.1. The average Bonchev–Trinajstić information content (AvgIpc) is 2.44. The van der Waals surface area contributed by atoms with Gasteiger partial charge in [0.05, 0.1) is 12.2 Å². The van der Waals surface area contributed by atoms with E-state index < -0.39 is 40.9 Å². The molecule has 7 nitrogen and oxygen atoms in total. The van der Waals surface area contributed by atoms with E-state index in [0.717, 1.165) is 12.1 Å². The van der Waals surface area contributed by atoms with Gasteiger partial charge in [-0.1, -0.05) is 6.07 Å². The third-order valence-corrected chi connectivity index (χ3v) is 2.76. The van der Waals surface area contributed by atoms with Crippen molar-refractivity contribution in [1.82, 2.24) is 0 Å². The van der Waals surface area contributed by atoms with Crippen LogP contribution in [0.5, 0.6) is 0 Å². The molecule has 0 aliphatic heterocycles. The summed E-state index contributed by atoms with van der Waals surface area (Å²) in [6, 6.07) is 1.91. The minimum atomic E-state index is -1.67. The summed E-state index contributed by atoms with van der Waals surface area (Å²) in [5.74, 6) is -4.81. The molecule has 0 aliphatic carbocycles. The third kappa shape index (κ3) is 3.59. The first kappa shape index (κ1) is 17.6. The number of rotatable bonds is 7. The van der Waals surface area contributed by atoms with E-state index in [4.69, 9.17) is 20.3 Å². The lowest BCUT2D eigenvalue weighted by atomic mass is 9.95. The van der Waals surface area contributed by atoms with Crippen molar-refractivity contribution in [3.8, 4) is 0 Å². The predicted octanol–water partition coefficient (Wildman–Crippen LogP) is 1.26. The summed E-state index contributed by atoms with van der Waals surface area (Å²) in [5.41, 5.74) is 3.49. The molecule has 120 valence electrons. The predicted molar refractivity (Wildman–Crippen MR) is 72.9 cm³/mol. The maximum Gasteiger partial charge on any atom is 0.339 e. The van der Waals surface area contributed by atoms with E-state index in [0.29, 0.717) is 0 Å². The Hall–Kier alpha value is -2.48. The van der Waals surface area contributed by atoms with E-state index in [2.05, 4.69) is 0 Å². The van der Waals surface area contributed by atoms with E-state index in [1.54, 1.807) is 13.8 Å². The summed E-state index contributed by atoms with van der Waals surface area (Å²) < 4.78 is 23.7. The van der Waals surface area contributed by atoms with Gasteiger partial charge in [-0.15, -0.1) is 0 Å². The smallest absolute Gasteiger partial charge is 0.339 e. The van der Waals surface area contributed by atoms with E-state index in [1.807, 2.05) is 0 Å². The molecule has 1 unspecified atom stereocenters. The highest BCUT2D eigenvalue weighted by molar-refractivity contribution is 6.06. The van der Waals surface area contributed by atoms with Crippen molar-refractivity contribution >= 4 is 17.8 Å². The molecular weight excluding hydrogens is 297 g/mol. The van der Waals surface area contributed by atoms with Crippen LogP contribution >= 0.6 is 0 Å². The van der Waals surface area contributed by atoms with E-state index >= 15 is 0 Å². The van der Waals surface area contributed by atoms with Crippen molar-refractivity contribution in [2.24, 2.45) is 5.73 Å². The second-order valence-corrected chi connectivity index (χ2v) is 4.14. The molecule has 22 heavy (non-hydrogen) atoms. The number of aromatic carboxylic acids is 1. The van der Waals surface area contributed by atoms with Crippen molar-refractivity contribution in [2.45, 2.75) is 20.0 Å². The van der Waals surface area contributed by atoms with Gasteiger partial charge in [0.1, 0.15) is 11.4 Å². The Balaban J connectivity index is 3.55. The summed E-state index contributed by atoms with van der Waals surface area (Å²) in [6.45, 7) is 3.31. The van der Waals surface area contributed by atoms with E-state index in [-0.39, 0.29) is 18.8 Å². The van der Waals surface area contributed by atoms with Gasteiger partial charge in [0.15, 0.2) is 6.10 Å². The third-order valence-electron chi connectivity index (χ3n) is 2.76. The first-order valence-corrected chi connectivity index (χ1v) is 6.48. The summed E-state index contributed by atoms with van der Waals surface area (Å²) >= 11 is 0. The van der Waals surface area contributed by atoms with Crippen molar-refractivity contribution in [2.75, 3.05) is 13.2 Å². The van der Waals surface area contributed by atoms with Crippen LogP contribution in [0.1, 0.15) is 46.2 Å². The molecule has 1 amide bonds. The molecule has 1 aromatic carbocycles. The van der Waals surface area contributed by atoms with E-state index in [9.17, 15) is 18.8 Å². The van der Waals surface area contributed by atoms with Gasteiger partial charge in [0.2, 0.25) is 5.91 Å². The summed E-state index contributed by atoms with van der Waals surface area (Å²) in [4.78, 5) is 34.7. The first-order valence-electron chi connectivity index (χ1n) is 6.48. The molecule has 3 N–H and O–H groups in total. The van der Waals surface area contributed by atoms with Gasteiger partial charge >= 0.3 is 11.9 Å². The molecule has 0 aliphatic rings. The van der Waals surface area contributed by atoms with Gasteiger partial charge in [-0.2, -0.15) is 0 Å². The number of amides is 1. The van der Waals surface area contributed by atoms with Crippen LogP contribution in [0.2, 0.25) is 0 Å². The largest absolute Gasteiger partial charge is 0.478 e. The minimum absolute atomic E-state index is 0.0568. The Labute approximate surface area is 125 Å². The molecule has 0 spiro atoms. The molecular formula is C14H16FNO6. The number of carboxylic acids is 1. The highest BCUT2D eigenvalue weighted by atomic mass is 19.1. The molecule has 0 heterocycles. The highest BCUT2D eigenvalue weighted by Crippen LogP contribution is 2.27. The number of nitrogens with two attached hydrogens (primary N) is 1. The highest BCUT2D eigenvalue weighted by Gasteiger charge is 2.31. The van der Waals surface area contributed by atoms with Gasteiger partial charge in [-0.05, 0) is 19.9 Å². The fourth-order valence-electron chi connectivity index (χ4n) is 1.96. The molecule has 0 radical (unpaired) electrons. The fraction of sp³-hybridized carbons (Fsp3) is 0.357. The topological polar surface area (TPSA) is 116 Å². The minimum Gasteiger partial charge on any atom is -0.478 e. The van der Waals surface area contributed by atoms with E-state index in [1.165, 1.54) is 0 Å². The lowest BCUT2D eigenvalue weighted by Gasteiger charge is -2.19. The Kier molecular flexibility index (Phi) is 6.00. The molecule has 0 bridgehead atoms. The fourth-order valence-corrected chi connectivity index (χ4v) is 1.96. The lowest BCUT2D eigenvalue weighted by molar-refractivity contribution is -0.157. The maximum atomic E-state index is 13.7. The molecule has 1 aromatic rings. The van der Waals surface area contributed by atoms with Crippen molar-refractivity contribution < 1.29 is 33.4 Å².